The monoisotopic (exact) mass is 368 g/mol. The van der Waals surface area contributed by atoms with Crippen LogP contribution < -0.4 is 10.6 Å². The van der Waals surface area contributed by atoms with Crippen molar-refractivity contribution in [2.75, 3.05) is 5.32 Å². The minimum atomic E-state index is -0.234. The molecule has 1 fully saturated rings. The summed E-state index contributed by atoms with van der Waals surface area (Å²) < 4.78 is 5.81. The quantitative estimate of drug-likeness (QED) is 0.824. The highest BCUT2D eigenvalue weighted by molar-refractivity contribution is 5.96. The molecule has 1 aromatic heterocycles. The lowest BCUT2D eigenvalue weighted by Gasteiger charge is -2.48. The van der Waals surface area contributed by atoms with Gasteiger partial charge < -0.3 is 9.73 Å². The van der Waals surface area contributed by atoms with E-state index in [1.807, 2.05) is 24.3 Å². The zero-order valence-corrected chi connectivity index (χ0v) is 16.1. The summed E-state index contributed by atoms with van der Waals surface area (Å²) in [7, 11) is 0. The number of anilines is 1. The zero-order chi connectivity index (χ0) is 18.9. The van der Waals surface area contributed by atoms with Crippen LogP contribution in [0.25, 0.3) is 11.1 Å². The first-order chi connectivity index (χ1) is 13.1. The van der Waals surface area contributed by atoms with Gasteiger partial charge in [-0.1, -0.05) is 38.8 Å². The molecule has 0 saturated heterocycles. The molecular formula is C21H28N4O2. The molecule has 2 unspecified atom stereocenters. The molecule has 1 saturated carbocycles. The topological polar surface area (TPSA) is 79.5 Å². The number of ketones is 1. The van der Waals surface area contributed by atoms with Gasteiger partial charge in [0.05, 0.1) is 17.5 Å². The smallest absolute Gasteiger partial charge is 0.302 e. The number of carbonyl (C=O) groups is 1. The van der Waals surface area contributed by atoms with Crippen LogP contribution in [0.2, 0.25) is 0 Å². The van der Waals surface area contributed by atoms with Crippen molar-refractivity contribution in [1.29, 1.82) is 0 Å². The van der Waals surface area contributed by atoms with Crippen molar-refractivity contribution in [2.45, 2.75) is 70.4 Å². The average Bonchev–Trinajstić information content (AvgIpc) is 3.04. The first-order valence-corrected chi connectivity index (χ1v) is 10.2. The molecule has 1 aliphatic carbocycles. The van der Waals surface area contributed by atoms with Crippen molar-refractivity contribution in [3.63, 3.8) is 0 Å². The fraction of sp³-hybridized carbons (Fsp3) is 0.571. The molecule has 2 aliphatic rings. The van der Waals surface area contributed by atoms with E-state index in [4.69, 9.17) is 9.41 Å². The number of rotatable bonds is 5. The van der Waals surface area contributed by atoms with E-state index in [9.17, 15) is 4.79 Å². The van der Waals surface area contributed by atoms with Crippen molar-refractivity contribution >= 4 is 28.9 Å². The molecule has 2 N–H and O–H groups in total. The molecule has 1 aliphatic heterocycles. The van der Waals surface area contributed by atoms with Crippen LogP contribution in [0.5, 0.6) is 0 Å². The summed E-state index contributed by atoms with van der Waals surface area (Å²) in [5.41, 5.74) is 1.33. The number of fused-ring (bicyclic) bond motifs is 2. The largest absolute Gasteiger partial charge is 0.423 e. The highest BCUT2D eigenvalue weighted by Crippen LogP contribution is 2.40. The van der Waals surface area contributed by atoms with E-state index < -0.39 is 0 Å². The van der Waals surface area contributed by atoms with Crippen molar-refractivity contribution in [3.8, 4) is 0 Å². The summed E-state index contributed by atoms with van der Waals surface area (Å²) in [5.74, 6) is 1.02. The van der Waals surface area contributed by atoms with Crippen LogP contribution >= 0.6 is 0 Å². The summed E-state index contributed by atoms with van der Waals surface area (Å²) in [6.45, 7) is 4.36. The minimum absolute atomic E-state index is 0.0275. The van der Waals surface area contributed by atoms with Crippen molar-refractivity contribution < 1.29 is 9.21 Å². The van der Waals surface area contributed by atoms with Gasteiger partial charge in [0.1, 0.15) is 11.3 Å². The Labute approximate surface area is 159 Å². The molecule has 0 bridgehead atoms. The van der Waals surface area contributed by atoms with Gasteiger partial charge in [-0.2, -0.15) is 4.98 Å². The SMILES string of the molecule is CCCC1(CCC)NC(Nc2nc3ccccc3o2)=NC2CCCC(=O)C21. The number of aliphatic imine (C=N–C) groups is 1. The lowest BCUT2D eigenvalue weighted by Crippen LogP contribution is -2.64. The Hall–Kier alpha value is -2.37. The first kappa shape index (κ1) is 18.0. The predicted molar refractivity (Wildman–Crippen MR) is 107 cm³/mol. The molecule has 27 heavy (non-hydrogen) atoms. The van der Waals surface area contributed by atoms with Crippen LogP contribution in [-0.4, -0.2) is 28.3 Å². The second kappa shape index (κ2) is 7.33. The third-order valence-electron chi connectivity index (χ3n) is 5.82. The number of benzene rings is 1. The fourth-order valence-electron chi connectivity index (χ4n) is 4.89. The summed E-state index contributed by atoms with van der Waals surface area (Å²) in [5, 5.41) is 6.85. The van der Waals surface area contributed by atoms with E-state index in [1.54, 1.807) is 0 Å². The molecule has 0 spiro atoms. The lowest BCUT2D eigenvalue weighted by molar-refractivity contribution is -0.128. The Kier molecular flexibility index (Phi) is 4.89. The third kappa shape index (κ3) is 3.33. The molecule has 6 nitrogen and oxygen atoms in total. The number of para-hydroxylation sites is 2. The maximum Gasteiger partial charge on any atom is 0.302 e. The van der Waals surface area contributed by atoms with Crippen LogP contribution in [0.1, 0.15) is 58.8 Å². The Morgan fingerprint density at radius 3 is 2.78 bits per heavy atom. The zero-order valence-electron chi connectivity index (χ0n) is 16.1. The highest BCUT2D eigenvalue weighted by atomic mass is 16.4. The van der Waals surface area contributed by atoms with Crippen molar-refractivity contribution in [1.82, 2.24) is 10.3 Å². The number of aromatic nitrogens is 1. The maximum absolute atomic E-state index is 12.8. The number of carbonyl (C=O) groups excluding carboxylic acids is 1. The number of nitrogens with one attached hydrogen (secondary N) is 2. The normalized spacial score (nSPS) is 24.2. The highest BCUT2D eigenvalue weighted by Gasteiger charge is 2.50. The number of nitrogens with zero attached hydrogens (tertiary/aromatic N) is 2. The van der Waals surface area contributed by atoms with Gasteiger partial charge >= 0.3 is 6.01 Å². The molecule has 0 amide bonds. The van der Waals surface area contributed by atoms with E-state index in [0.717, 1.165) is 49.6 Å². The summed E-state index contributed by atoms with van der Waals surface area (Å²) >= 11 is 0. The summed E-state index contributed by atoms with van der Waals surface area (Å²) in [4.78, 5) is 22.2. The van der Waals surface area contributed by atoms with Gasteiger partial charge in [0.2, 0.25) is 0 Å². The summed E-state index contributed by atoms with van der Waals surface area (Å²) in [6.07, 6.45) is 6.55. The minimum Gasteiger partial charge on any atom is -0.423 e. The van der Waals surface area contributed by atoms with Crippen LogP contribution in [0.4, 0.5) is 6.01 Å². The van der Waals surface area contributed by atoms with Crippen LogP contribution in [-0.2, 0) is 4.79 Å². The molecule has 2 aromatic rings. The molecule has 2 atom stereocenters. The van der Waals surface area contributed by atoms with E-state index >= 15 is 0 Å². The fourth-order valence-corrected chi connectivity index (χ4v) is 4.89. The van der Waals surface area contributed by atoms with Gasteiger partial charge in [-0.3, -0.25) is 10.1 Å². The molecular weight excluding hydrogens is 340 g/mol. The molecule has 6 heteroatoms. The van der Waals surface area contributed by atoms with Crippen molar-refractivity contribution in [2.24, 2.45) is 10.9 Å². The van der Waals surface area contributed by atoms with Crippen LogP contribution in [0.15, 0.2) is 33.7 Å². The Morgan fingerprint density at radius 2 is 2.04 bits per heavy atom. The molecule has 0 radical (unpaired) electrons. The van der Waals surface area contributed by atoms with Gasteiger partial charge in [-0.05, 0) is 37.8 Å². The van der Waals surface area contributed by atoms with E-state index in [1.165, 1.54) is 0 Å². The average molecular weight is 368 g/mol. The van der Waals surface area contributed by atoms with Gasteiger partial charge in [0, 0.05) is 6.42 Å². The van der Waals surface area contributed by atoms with Gasteiger partial charge in [0.15, 0.2) is 11.5 Å². The molecule has 1 aromatic carbocycles. The van der Waals surface area contributed by atoms with Gasteiger partial charge in [-0.25, -0.2) is 4.99 Å². The third-order valence-corrected chi connectivity index (χ3v) is 5.82. The number of hydrogen-bond acceptors (Lipinski definition) is 6. The number of hydrogen-bond donors (Lipinski definition) is 2. The number of Topliss-reactive ketones (excluding diaryl/α,β-unsaturated/α-hetero) is 1. The van der Waals surface area contributed by atoms with Crippen molar-refractivity contribution in [3.05, 3.63) is 24.3 Å². The van der Waals surface area contributed by atoms with E-state index in [0.29, 0.717) is 24.2 Å². The lowest BCUT2D eigenvalue weighted by atomic mass is 9.66. The second-order valence-electron chi connectivity index (χ2n) is 7.77. The van der Waals surface area contributed by atoms with Crippen LogP contribution in [0.3, 0.4) is 0 Å². The predicted octanol–water partition coefficient (Wildman–Crippen LogP) is 4.28. The van der Waals surface area contributed by atoms with Gasteiger partial charge in [-0.15, -0.1) is 0 Å². The number of oxazole rings is 1. The Morgan fingerprint density at radius 1 is 1.26 bits per heavy atom. The molecule has 4 rings (SSSR count). The summed E-state index contributed by atoms with van der Waals surface area (Å²) in [6, 6.07) is 8.17. The first-order valence-electron chi connectivity index (χ1n) is 10.2. The van der Waals surface area contributed by atoms with E-state index in [-0.39, 0.29) is 17.5 Å². The number of guanidine groups is 1. The molecule has 144 valence electrons. The standard InChI is InChI=1S/C21H28N4O2/c1-3-12-21(13-4-2)18-15(9-7-10-16(18)26)22-19(25-21)24-20-23-14-8-5-6-11-17(14)27-20/h5-6,8,11,15,18H,3-4,7,9-10,12-13H2,1-2H3,(H2,22,23,24,25). The van der Waals surface area contributed by atoms with Gasteiger partial charge in [0.25, 0.3) is 0 Å². The molecule has 2 heterocycles. The Balaban J connectivity index is 1.66. The van der Waals surface area contributed by atoms with E-state index in [2.05, 4.69) is 29.5 Å². The maximum atomic E-state index is 12.8. The second-order valence-corrected chi connectivity index (χ2v) is 7.77. The van der Waals surface area contributed by atoms with Crippen LogP contribution in [0, 0.1) is 5.92 Å². The Bertz CT molecular complexity index is 818.